The van der Waals surface area contributed by atoms with Gasteiger partial charge in [-0.05, 0) is 33.6 Å². The molecule has 0 heterocycles. The van der Waals surface area contributed by atoms with Gasteiger partial charge in [0, 0.05) is 5.71 Å². The smallest absolute Gasteiger partial charge is 0.204 e. The molecule has 0 N–H and O–H groups in total. The summed E-state index contributed by atoms with van der Waals surface area (Å²) in [5, 5.41) is 0. The van der Waals surface area contributed by atoms with E-state index in [-0.39, 0.29) is 0 Å². The van der Waals surface area contributed by atoms with E-state index in [4.69, 9.17) is 0 Å². The highest BCUT2D eigenvalue weighted by molar-refractivity contribution is 7.91. The highest BCUT2D eigenvalue weighted by Gasteiger charge is 2.28. The van der Waals surface area contributed by atoms with Crippen molar-refractivity contribution in [2.24, 2.45) is 4.40 Å². The summed E-state index contributed by atoms with van der Waals surface area (Å²) in [4.78, 5) is 0. The van der Waals surface area contributed by atoms with Crippen molar-refractivity contribution in [3.05, 3.63) is 0 Å². The van der Waals surface area contributed by atoms with Gasteiger partial charge in [-0.25, -0.2) is 8.42 Å². The number of hydrogen-bond donors (Lipinski definition) is 0. The van der Waals surface area contributed by atoms with E-state index >= 15 is 0 Å². The minimum absolute atomic E-state index is 0.700. The zero-order valence-corrected chi connectivity index (χ0v) is 9.90. The van der Waals surface area contributed by atoms with Crippen LogP contribution in [0.15, 0.2) is 4.40 Å². The predicted molar refractivity (Wildman–Crippen MR) is 56.7 cm³/mol. The van der Waals surface area contributed by atoms with Crippen LogP contribution in [0.4, 0.5) is 0 Å². The first-order valence-corrected chi connectivity index (χ1v) is 6.01. The lowest BCUT2D eigenvalue weighted by Gasteiger charge is -2.15. The highest BCUT2D eigenvalue weighted by Crippen LogP contribution is 2.17. The molecule has 0 atom stereocenters. The van der Waals surface area contributed by atoms with Crippen LogP contribution in [0.2, 0.25) is 0 Å². The summed E-state index contributed by atoms with van der Waals surface area (Å²) < 4.78 is 26.2. The van der Waals surface area contributed by atoms with Crippen LogP contribution >= 0.6 is 0 Å². The van der Waals surface area contributed by atoms with Crippen LogP contribution in [0, 0.1) is 0 Å². The third-order valence-corrected chi connectivity index (χ3v) is 3.89. The molecular formula is C9H19NO2S. The Hall–Kier alpha value is -0.380. The van der Waals surface area contributed by atoms with Gasteiger partial charge in [-0.1, -0.05) is 13.8 Å². The van der Waals surface area contributed by atoms with Gasteiger partial charge in [0.05, 0.1) is 4.75 Å². The summed E-state index contributed by atoms with van der Waals surface area (Å²) in [6.45, 7) is 8.82. The Morgan fingerprint density at radius 2 is 1.54 bits per heavy atom. The minimum Gasteiger partial charge on any atom is -0.204 e. The maximum atomic E-state index is 11.6. The van der Waals surface area contributed by atoms with E-state index in [0.29, 0.717) is 12.8 Å². The van der Waals surface area contributed by atoms with Gasteiger partial charge in [0.25, 0.3) is 10.0 Å². The van der Waals surface area contributed by atoms with Crippen molar-refractivity contribution in [3.8, 4) is 0 Å². The topological polar surface area (TPSA) is 46.5 Å². The maximum absolute atomic E-state index is 11.6. The van der Waals surface area contributed by atoms with E-state index in [1.807, 2.05) is 13.8 Å². The quantitative estimate of drug-likeness (QED) is 0.664. The Morgan fingerprint density at radius 3 is 1.77 bits per heavy atom. The van der Waals surface area contributed by atoms with E-state index in [0.717, 1.165) is 5.71 Å². The van der Waals surface area contributed by atoms with Gasteiger partial charge in [-0.15, -0.1) is 0 Å². The van der Waals surface area contributed by atoms with E-state index in [1.165, 1.54) is 0 Å². The van der Waals surface area contributed by atoms with Crippen LogP contribution in [-0.2, 0) is 10.0 Å². The summed E-state index contributed by atoms with van der Waals surface area (Å²) in [5.41, 5.74) is 0.745. The number of sulfonamides is 1. The van der Waals surface area contributed by atoms with Crippen molar-refractivity contribution >= 4 is 15.7 Å². The van der Waals surface area contributed by atoms with Gasteiger partial charge >= 0.3 is 0 Å². The van der Waals surface area contributed by atoms with Crippen LogP contribution in [-0.4, -0.2) is 18.9 Å². The summed E-state index contributed by atoms with van der Waals surface area (Å²) >= 11 is 0. The van der Waals surface area contributed by atoms with E-state index in [2.05, 4.69) is 4.40 Å². The van der Waals surface area contributed by atoms with Gasteiger partial charge in [0.15, 0.2) is 0 Å². The second kappa shape index (κ2) is 4.22. The van der Waals surface area contributed by atoms with E-state index < -0.39 is 14.8 Å². The second-order valence-corrected chi connectivity index (χ2v) is 6.31. The molecular weight excluding hydrogens is 186 g/mol. The SMILES string of the molecule is CCC(CC)=NS(=O)(=O)C(C)(C)C. The molecule has 4 heteroatoms. The fraction of sp³-hybridized carbons (Fsp3) is 0.889. The van der Waals surface area contributed by atoms with E-state index in [1.54, 1.807) is 20.8 Å². The van der Waals surface area contributed by atoms with Crippen molar-refractivity contribution in [3.63, 3.8) is 0 Å². The van der Waals surface area contributed by atoms with Crippen molar-refractivity contribution in [1.82, 2.24) is 0 Å². The molecule has 0 aromatic heterocycles. The standard InChI is InChI=1S/C9H19NO2S/c1-6-8(7-2)10-13(11,12)9(3,4)5/h6-7H2,1-5H3. The molecule has 0 fully saturated rings. The van der Waals surface area contributed by atoms with Crippen molar-refractivity contribution in [1.29, 1.82) is 0 Å². The minimum atomic E-state index is -3.33. The predicted octanol–water partition coefficient (Wildman–Crippen LogP) is 2.38. The van der Waals surface area contributed by atoms with Crippen LogP contribution in [0.1, 0.15) is 47.5 Å². The molecule has 0 rings (SSSR count). The zero-order valence-electron chi connectivity index (χ0n) is 9.09. The Balaban J connectivity index is 5.00. The van der Waals surface area contributed by atoms with Gasteiger partial charge in [-0.3, -0.25) is 0 Å². The molecule has 0 aliphatic rings. The molecule has 78 valence electrons. The fourth-order valence-electron chi connectivity index (χ4n) is 0.686. The summed E-state index contributed by atoms with van der Waals surface area (Å²) in [7, 11) is -3.33. The Bertz CT molecular complexity index is 277. The molecule has 0 radical (unpaired) electrons. The molecule has 0 spiro atoms. The largest absolute Gasteiger partial charge is 0.257 e. The average Bonchev–Trinajstić information content (AvgIpc) is 1.98. The number of hydrogen-bond acceptors (Lipinski definition) is 2. The normalized spacial score (nSPS) is 12.7. The zero-order chi connectivity index (χ0) is 10.7. The molecule has 0 amide bonds. The Labute approximate surface area is 81.3 Å². The molecule has 0 aromatic rings. The third kappa shape index (κ3) is 3.46. The van der Waals surface area contributed by atoms with Crippen molar-refractivity contribution < 1.29 is 8.42 Å². The molecule has 0 bridgehead atoms. The second-order valence-electron chi connectivity index (χ2n) is 3.95. The van der Waals surface area contributed by atoms with Crippen LogP contribution in [0.25, 0.3) is 0 Å². The average molecular weight is 205 g/mol. The Kier molecular flexibility index (Phi) is 4.10. The molecule has 0 unspecified atom stereocenters. The number of rotatable bonds is 3. The summed E-state index contributed by atoms with van der Waals surface area (Å²) in [6.07, 6.45) is 1.40. The molecule has 0 saturated carbocycles. The van der Waals surface area contributed by atoms with E-state index in [9.17, 15) is 8.42 Å². The number of nitrogens with zero attached hydrogens (tertiary/aromatic N) is 1. The van der Waals surface area contributed by atoms with Gasteiger partial charge in [-0.2, -0.15) is 4.40 Å². The highest BCUT2D eigenvalue weighted by atomic mass is 32.2. The monoisotopic (exact) mass is 205 g/mol. The first-order chi connectivity index (χ1) is 5.74. The Morgan fingerprint density at radius 1 is 1.15 bits per heavy atom. The molecule has 3 nitrogen and oxygen atoms in total. The summed E-state index contributed by atoms with van der Waals surface area (Å²) in [5.74, 6) is 0. The molecule has 0 aromatic carbocycles. The molecule has 13 heavy (non-hydrogen) atoms. The van der Waals surface area contributed by atoms with Crippen LogP contribution < -0.4 is 0 Å². The molecule has 0 aliphatic heterocycles. The first-order valence-electron chi connectivity index (χ1n) is 4.56. The fourth-order valence-corrected chi connectivity index (χ4v) is 1.56. The summed E-state index contributed by atoms with van der Waals surface area (Å²) in [6, 6.07) is 0. The van der Waals surface area contributed by atoms with Crippen molar-refractivity contribution in [2.75, 3.05) is 0 Å². The lowest BCUT2D eigenvalue weighted by Crippen LogP contribution is -2.26. The van der Waals surface area contributed by atoms with Crippen LogP contribution in [0.3, 0.4) is 0 Å². The van der Waals surface area contributed by atoms with Crippen LogP contribution in [0.5, 0.6) is 0 Å². The van der Waals surface area contributed by atoms with Crippen molar-refractivity contribution in [2.45, 2.75) is 52.2 Å². The maximum Gasteiger partial charge on any atom is 0.257 e. The van der Waals surface area contributed by atoms with Gasteiger partial charge in [0.1, 0.15) is 0 Å². The third-order valence-electron chi connectivity index (χ3n) is 1.84. The van der Waals surface area contributed by atoms with Gasteiger partial charge < -0.3 is 0 Å². The molecule has 0 aliphatic carbocycles. The lowest BCUT2D eigenvalue weighted by atomic mass is 10.2. The van der Waals surface area contributed by atoms with Gasteiger partial charge in [0.2, 0.25) is 0 Å². The first kappa shape index (κ1) is 12.6. The lowest BCUT2D eigenvalue weighted by molar-refractivity contribution is 0.562. The molecule has 0 saturated heterocycles.